The molecule has 4 rings (SSSR count). The predicted molar refractivity (Wildman–Crippen MR) is 117 cm³/mol. The molecule has 1 aliphatic heterocycles. The smallest absolute Gasteiger partial charge is 0.257 e. The van der Waals surface area contributed by atoms with Crippen LogP contribution < -0.4 is 0 Å². The summed E-state index contributed by atoms with van der Waals surface area (Å²) < 4.78 is 1.58. The van der Waals surface area contributed by atoms with Crippen molar-refractivity contribution in [1.29, 1.82) is 0 Å². The van der Waals surface area contributed by atoms with E-state index >= 15 is 0 Å². The quantitative estimate of drug-likeness (QED) is 0.577. The maximum Gasteiger partial charge on any atom is 0.257 e. The molecule has 3 aromatic rings. The van der Waals surface area contributed by atoms with Crippen molar-refractivity contribution >= 4 is 46.6 Å². The van der Waals surface area contributed by atoms with E-state index < -0.39 is 0 Å². The molecular formula is C21H17Cl3N4O2. The maximum atomic E-state index is 12.9. The Hall–Kier alpha value is -2.54. The first kappa shape index (κ1) is 20.7. The summed E-state index contributed by atoms with van der Waals surface area (Å²) in [5.41, 5.74) is 1.57. The van der Waals surface area contributed by atoms with Crippen molar-refractivity contribution < 1.29 is 9.59 Å². The Morgan fingerprint density at radius 2 is 1.50 bits per heavy atom. The van der Waals surface area contributed by atoms with Crippen LogP contribution in [-0.4, -0.2) is 57.6 Å². The third-order valence-corrected chi connectivity index (χ3v) is 5.81. The number of rotatable bonds is 3. The van der Waals surface area contributed by atoms with Crippen LogP contribution >= 0.6 is 34.8 Å². The molecule has 0 radical (unpaired) electrons. The molecule has 6 nitrogen and oxygen atoms in total. The summed E-state index contributed by atoms with van der Waals surface area (Å²) >= 11 is 18.3. The van der Waals surface area contributed by atoms with E-state index in [1.807, 2.05) is 18.2 Å². The van der Waals surface area contributed by atoms with Gasteiger partial charge >= 0.3 is 0 Å². The number of piperazine rings is 1. The van der Waals surface area contributed by atoms with Gasteiger partial charge in [-0.1, -0.05) is 46.9 Å². The van der Waals surface area contributed by atoms with Crippen LogP contribution in [0.4, 0.5) is 0 Å². The molecule has 9 heteroatoms. The number of aromatic nitrogens is 2. The minimum absolute atomic E-state index is 0.134. The molecule has 1 saturated heterocycles. The molecule has 0 atom stereocenters. The van der Waals surface area contributed by atoms with Crippen LogP contribution in [-0.2, 0) is 0 Å². The average molecular weight is 464 g/mol. The normalized spacial score (nSPS) is 14.1. The topological polar surface area (TPSA) is 58.4 Å². The van der Waals surface area contributed by atoms with Crippen LogP contribution in [0.2, 0.25) is 15.1 Å². The molecule has 1 aromatic heterocycles. The van der Waals surface area contributed by atoms with Crippen LogP contribution in [0, 0.1) is 0 Å². The van der Waals surface area contributed by atoms with Crippen LogP contribution in [0.1, 0.15) is 20.7 Å². The van der Waals surface area contributed by atoms with Gasteiger partial charge in [0.05, 0.1) is 33.1 Å². The van der Waals surface area contributed by atoms with Gasteiger partial charge in [0.25, 0.3) is 11.8 Å². The molecule has 0 bridgehead atoms. The highest BCUT2D eigenvalue weighted by atomic mass is 35.5. The van der Waals surface area contributed by atoms with Gasteiger partial charge in [0.2, 0.25) is 0 Å². The molecule has 154 valence electrons. The fourth-order valence-electron chi connectivity index (χ4n) is 3.33. The predicted octanol–water partition coefficient (Wildman–Crippen LogP) is 4.43. The molecule has 30 heavy (non-hydrogen) atoms. The SMILES string of the molecule is O=C(c1cnn(-c2ccccc2Cl)c1)N1CCN(C(=O)c2ccc(Cl)cc2Cl)CC1. The van der Waals surface area contributed by atoms with Crippen molar-refractivity contribution in [2.45, 2.75) is 0 Å². The first-order valence-corrected chi connectivity index (χ1v) is 10.4. The largest absolute Gasteiger partial charge is 0.335 e. The van der Waals surface area contributed by atoms with E-state index in [1.165, 1.54) is 6.20 Å². The lowest BCUT2D eigenvalue weighted by Gasteiger charge is -2.34. The molecule has 2 aromatic carbocycles. The summed E-state index contributed by atoms with van der Waals surface area (Å²) in [5, 5.41) is 5.60. The molecule has 2 heterocycles. The summed E-state index contributed by atoms with van der Waals surface area (Å²) in [7, 11) is 0. The monoisotopic (exact) mass is 462 g/mol. The second kappa shape index (κ2) is 8.68. The Labute approximate surface area is 188 Å². The van der Waals surface area contributed by atoms with Gasteiger partial charge in [0, 0.05) is 37.4 Å². The Morgan fingerprint density at radius 3 is 2.17 bits per heavy atom. The fourth-order valence-corrected chi connectivity index (χ4v) is 4.04. The molecule has 1 aliphatic rings. The summed E-state index contributed by atoms with van der Waals surface area (Å²) in [4.78, 5) is 29.0. The Morgan fingerprint density at radius 1 is 0.833 bits per heavy atom. The van der Waals surface area contributed by atoms with Crippen LogP contribution in [0.5, 0.6) is 0 Å². The van der Waals surface area contributed by atoms with E-state index in [-0.39, 0.29) is 11.8 Å². The lowest BCUT2D eigenvalue weighted by atomic mass is 10.1. The number of hydrogen-bond acceptors (Lipinski definition) is 3. The van der Waals surface area contributed by atoms with E-state index in [9.17, 15) is 9.59 Å². The Bertz CT molecular complexity index is 1110. The number of carbonyl (C=O) groups excluding carboxylic acids is 2. The van der Waals surface area contributed by atoms with Gasteiger partial charge in [-0.2, -0.15) is 5.10 Å². The van der Waals surface area contributed by atoms with E-state index in [4.69, 9.17) is 34.8 Å². The number of nitrogens with zero attached hydrogens (tertiary/aromatic N) is 4. The van der Waals surface area contributed by atoms with Crippen LogP contribution in [0.3, 0.4) is 0 Å². The number of hydrogen-bond donors (Lipinski definition) is 0. The van der Waals surface area contributed by atoms with Crippen molar-refractivity contribution in [3.8, 4) is 5.69 Å². The zero-order valence-corrected chi connectivity index (χ0v) is 18.0. The average Bonchev–Trinajstić information content (AvgIpc) is 3.23. The summed E-state index contributed by atoms with van der Waals surface area (Å²) in [5.74, 6) is -0.305. The molecule has 0 N–H and O–H groups in total. The van der Waals surface area contributed by atoms with Gasteiger partial charge in [0.1, 0.15) is 0 Å². The second-order valence-electron chi connectivity index (χ2n) is 6.83. The molecule has 0 aliphatic carbocycles. The fraction of sp³-hybridized carbons (Fsp3) is 0.190. The Kier molecular flexibility index (Phi) is 5.99. The highest BCUT2D eigenvalue weighted by molar-refractivity contribution is 6.36. The number of halogens is 3. The zero-order chi connectivity index (χ0) is 21.3. The van der Waals surface area contributed by atoms with E-state index in [2.05, 4.69) is 5.10 Å². The van der Waals surface area contributed by atoms with Gasteiger partial charge in [-0.15, -0.1) is 0 Å². The van der Waals surface area contributed by atoms with Gasteiger partial charge in [-0.25, -0.2) is 4.68 Å². The summed E-state index contributed by atoms with van der Waals surface area (Å²) in [6.45, 7) is 1.68. The molecular weight excluding hydrogens is 447 g/mol. The molecule has 1 fully saturated rings. The van der Waals surface area contributed by atoms with Gasteiger partial charge in [-0.05, 0) is 30.3 Å². The standard InChI is InChI=1S/C21H17Cl3N4O2/c22-15-5-6-16(18(24)11-15)21(30)27-9-7-26(8-10-27)20(29)14-12-25-28(13-14)19-4-2-1-3-17(19)23/h1-6,11-13H,7-10H2. The lowest BCUT2D eigenvalue weighted by Crippen LogP contribution is -2.50. The van der Waals surface area contributed by atoms with Crippen molar-refractivity contribution in [2.75, 3.05) is 26.2 Å². The number of carbonyl (C=O) groups is 2. The number of benzene rings is 2. The minimum Gasteiger partial charge on any atom is -0.335 e. The van der Waals surface area contributed by atoms with Gasteiger partial charge in [0.15, 0.2) is 0 Å². The first-order chi connectivity index (χ1) is 14.4. The molecule has 0 saturated carbocycles. The zero-order valence-electron chi connectivity index (χ0n) is 15.8. The number of para-hydroxylation sites is 1. The van der Waals surface area contributed by atoms with Crippen molar-refractivity contribution in [3.05, 3.63) is 81.1 Å². The highest BCUT2D eigenvalue weighted by Gasteiger charge is 2.27. The Balaban J connectivity index is 1.41. The third-order valence-electron chi connectivity index (χ3n) is 4.94. The highest BCUT2D eigenvalue weighted by Crippen LogP contribution is 2.23. The van der Waals surface area contributed by atoms with E-state index in [1.54, 1.807) is 44.9 Å². The van der Waals surface area contributed by atoms with Crippen LogP contribution in [0.15, 0.2) is 54.9 Å². The van der Waals surface area contributed by atoms with E-state index in [0.29, 0.717) is 58.1 Å². The summed E-state index contributed by atoms with van der Waals surface area (Å²) in [6, 6.07) is 12.1. The summed E-state index contributed by atoms with van der Waals surface area (Å²) in [6.07, 6.45) is 3.19. The van der Waals surface area contributed by atoms with Gasteiger partial charge in [-0.3, -0.25) is 9.59 Å². The molecule has 2 amide bonds. The van der Waals surface area contributed by atoms with E-state index in [0.717, 1.165) is 0 Å². The second-order valence-corrected chi connectivity index (χ2v) is 8.08. The van der Waals surface area contributed by atoms with Gasteiger partial charge < -0.3 is 9.80 Å². The van der Waals surface area contributed by atoms with Crippen LogP contribution in [0.25, 0.3) is 5.69 Å². The first-order valence-electron chi connectivity index (χ1n) is 9.27. The van der Waals surface area contributed by atoms with Crippen molar-refractivity contribution in [2.24, 2.45) is 0 Å². The lowest BCUT2D eigenvalue weighted by molar-refractivity contribution is 0.0535. The van der Waals surface area contributed by atoms with Crippen molar-refractivity contribution in [1.82, 2.24) is 19.6 Å². The molecule has 0 unspecified atom stereocenters. The molecule has 0 spiro atoms. The maximum absolute atomic E-state index is 12.9. The number of amides is 2. The minimum atomic E-state index is -0.171. The third kappa shape index (κ3) is 4.17. The van der Waals surface area contributed by atoms with Crippen molar-refractivity contribution in [3.63, 3.8) is 0 Å².